The van der Waals surface area contributed by atoms with Crippen LogP contribution in [0.3, 0.4) is 0 Å². The maximum absolute atomic E-state index is 6.05. The van der Waals surface area contributed by atoms with E-state index in [0.717, 1.165) is 34.4 Å². The molecule has 2 aromatic heterocycles. The highest BCUT2D eigenvalue weighted by Crippen LogP contribution is 2.18. The quantitative estimate of drug-likeness (QED) is 0.795. The van der Waals surface area contributed by atoms with E-state index in [2.05, 4.69) is 45.7 Å². The molecule has 0 aliphatic carbocycles. The van der Waals surface area contributed by atoms with Crippen molar-refractivity contribution < 1.29 is 0 Å². The van der Waals surface area contributed by atoms with E-state index in [0.29, 0.717) is 0 Å². The number of nitrogens with one attached hydrogen (secondary N) is 1. The number of aryl methyl sites for hydroxylation is 2. The van der Waals surface area contributed by atoms with Crippen LogP contribution in [0.15, 0.2) is 36.5 Å². The largest absolute Gasteiger partial charge is 0.305 e. The number of hydrogen-bond acceptors (Lipinski definition) is 3. The lowest BCUT2D eigenvalue weighted by molar-refractivity contribution is 0.565. The van der Waals surface area contributed by atoms with Gasteiger partial charge in [0.25, 0.3) is 0 Å². The van der Waals surface area contributed by atoms with Crippen LogP contribution >= 0.6 is 11.6 Å². The van der Waals surface area contributed by atoms with Crippen LogP contribution < -0.4 is 5.32 Å². The lowest BCUT2D eigenvalue weighted by atomic mass is 10.1. The van der Waals surface area contributed by atoms with E-state index in [-0.39, 0.29) is 6.04 Å². The number of imidazole rings is 1. The van der Waals surface area contributed by atoms with Crippen LogP contribution in [0.5, 0.6) is 0 Å². The van der Waals surface area contributed by atoms with Crippen molar-refractivity contribution in [2.75, 3.05) is 0 Å². The third-order valence-corrected chi connectivity index (χ3v) is 4.04. The SMILES string of the molecule is Cc1cc(C)n2c(CN[C@@H](C)c3cccc(Cl)c3)cnc2n1. The van der Waals surface area contributed by atoms with Gasteiger partial charge in [-0.25, -0.2) is 9.97 Å². The number of nitrogens with zero attached hydrogens (tertiary/aromatic N) is 3. The Morgan fingerprint density at radius 2 is 2.09 bits per heavy atom. The van der Waals surface area contributed by atoms with Gasteiger partial charge in [-0.05, 0) is 44.5 Å². The fourth-order valence-electron chi connectivity index (χ4n) is 2.67. The Labute approximate surface area is 135 Å². The molecular weight excluding hydrogens is 296 g/mol. The number of hydrogen-bond donors (Lipinski definition) is 1. The van der Waals surface area contributed by atoms with Gasteiger partial charge in [-0.3, -0.25) is 4.40 Å². The number of rotatable bonds is 4. The summed E-state index contributed by atoms with van der Waals surface area (Å²) in [6, 6.07) is 10.2. The molecule has 0 bridgehead atoms. The molecule has 114 valence electrons. The molecule has 1 aromatic carbocycles. The average molecular weight is 315 g/mol. The van der Waals surface area contributed by atoms with Crippen molar-refractivity contribution in [3.63, 3.8) is 0 Å². The Balaban J connectivity index is 1.79. The molecule has 22 heavy (non-hydrogen) atoms. The zero-order valence-corrected chi connectivity index (χ0v) is 13.7. The molecule has 0 aliphatic rings. The third kappa shape index (κ3) is 2.98. The molecule has 3 rings (SSSR count). The van der Waals surface area contributed by atoms with Gasteiger partial charge in [-0.2, -0.15) is 0 Å². The summed E-state index contributed by atoms with van der Waals surface area (Å²) < 4.78 is 2.09. The first kappa shape index (κ1) is 15.0. The van der Waals surface area contributed by atoms with E-state index >= 15 is 0 Å². The molecular formula is C17H19ClN4. The summed E-state index contributed by atoms with van der Waals surface area (Å²) in [5.74, 6) is 0.754. The Bertz CT molecular complexity index is 810. The van der Waals surface area contributed by atoms with Crippen molar-refractivity contribution in [2.24, 2.45) is 0 Å². The summed E-state index contributed by atoms with van der Waals surface area (Å²) in [4.78, 5) is 8.86. The van der Waals surface area contributed by atoms with E-state index in [1.54, 1.807) is 0 Å². The minimum Gasteiger partial charge on any atom is -0.305 e. The maximum atomic E-state index is 6.05. The predicted octanol–water partition coefficient (Wildman–Crippen LogP) is 3.85. The van der Waals surface area contributed by atoms with Crippen LogP contribution in [0, 0.1) is 13.8 Å². The first-order valence-corrected chi connectivity index (χ1v) is 7.72. The molecule has 1 atom stereocenters. The zero-order valence-electron chi connectivity index (χ0n) is 13.0. The second-order valence-corrected chi connectivity index (χ2v) is 6.02. The Kier molecular flexibility index (Phi) is 4.14. The molecule has 4 nitrogen and oxygen atoms in total. The highest BCUT2D eigenvalue weighted by molar-refractivity contribution is 6.30. The third-order valence-electron chi connectivity index (χ3n) is 3.80. The molecule has 0 saturated carbocycles. The number of benzene rings is 1. The van der Waals surface area contributed by atoms with Crippen molar-refractivity contribution in [1.82, 2.24) is 19.7 Å². The molecule has 2 heterocycles. The zero-order chi connectivity index (χ0) is 15.7. The minimum absolute atomic E-state index is 0.211. The van der Waals surface area contributed by atoms with Crippen LogP contribution in [0.2, 0.25) is 5.02 Å². The molecule has 0 aliphatic heterocycles. The van der Waals surface area contributed by atoms with Gasteiger partial charge in [-0.15, -0.1) is 0 Å². The Morgan fingerprint density at radius 1 is 1.27 bits per heavy atom. The van der Waals surface area contributed by atoms with Crippen molar-refractivity contribution in [3.8, 4) is 0 Å². The fraction of sp³-hybridized carbons (Fsp3) is 0.294. The summed E-state index contributed by atoms with van der Waals surface area (Å²) in [7, 11) is 0. The fourth-order valence-corrected chi connectivity index (χ4v) is 2.87. The van der Waals surface area contributed by atoms with Gasteiger partial charge < -0.3 is 5.32 Å². The molecule has 0 amide bonds. The number of fused-ring (bicyclic) bond motifs is 1. The van der Waals surface area contributed by atoms with Gasteiger partial charge in [0.1, 0.15) is 0 Å². The highest BCUT2D eigenvalue weighted by Gasteiger charge is 2.10. The van der Waals surface area contributed by atoms with Gasteiger partial charge in [0, 0.05) is 29.0 Å². The maximum Gasteiger partial charge on any atom is 0.234 e. The highest BCUT2D eigenvalue weighted by atomic mass is 35.5. The molecule has 0 saturated heterocycles. The molecule has 0 unspecified atom stereocenters. The lowest BCUT2D eigenvalue weighted by Crippen LogP contribution is -2.19. The Morgan fingerprint density at radius 3 is 2.86 bits per heavy atom. The van der Waals surface area contributed by atoms with Gasteiger partial charge in [0.2, 0.25) is 5.78 Å². The smallest absolute Gasteiger partial charge is 0.234 e. The standard InChI is InChI=1S/C17H19ClN4/c1-11-7-12(2)22-16(10-20-17(22)21-11)9-19-13(3)14-5-4-6-15(18)8-14/h4-8,10,13,19H,9H2,1-3H3/t13-/m0/s1. The van der Waals surface area contributed by atoms with Crippen molar-refractivity contribution in [1.29, 1.82) is 0 Å². The monoisotopic (exact) mass is 314 g/mol. The molecule has 5 heteroatoms. The summed E-state index contributed by atoms with van der Waals surface area (Å²) in [6.45, 7) is 6.92. The van der Waals surface area contributed by atoms with Crippen LogP contribution in [0.25, 0.3) is 5.78 Å². The second-order valence-electron chi connectivity index (χ2n) is 5.58. The first-order chi connectivity index (χ1) is 10.5. The van der Waals surface area contributed by atoms with E-state index in [1.165, 1.54) is 5.56 Å². The summed E-state index contributed by atoms with van der Waals surface area (Å²) in [5, 5.41) is 4.28. The molecule has 0 fully saturated rings. The van der Waals surface area contributed by atoms with E-state index in [9.17, 15) is 0 Å². The minimum atomic E-state index is 0.211. The number of aromatic nitrogens is 3. The van der Waals surface area contributed by atoms with Crippen LogP contribution in [-0.2, 0) is 6.54 Å². The number of halogens is 1. The van der Waals surface area contributed by atoms with E-state index in [4.69, 9.17) is 11.6 Å². The summed E-state index contributed by atoms with van der Waals surface area (Å²) >= 11 is 6.05. The van der Waals surface area contributed by atoms with Gasteiger partial charge in [-0.1, -0.05) is 23.7 Å². The summed E-state index contributed by atoms with van der Waals surface area (Å²) in [5.41, 5.74) is 4.41. The predicted molar refractivity (Wildman–Crippen MR) is 89.2 cm³/mol. The van der Waals surface area contributed by atoms with Gasteiger partial charge >= 0.3 is 0 Å². The molecule has 0 spiro atoms. The Hall–Kier alpha value is -1.91. The van der Waals surface area contributed by atoms with Crippen LogP contribution in [-0.4, -0.2) is 14.4 Å². The van der Waals surface area contributed by atoms with E-state index in [1.807, 2.05) is 31.3 Å². The van der Waals surface area contributed by atoms with Crippen molar-refractivity contribution >= 4 is 17.4 Å². The average Bonchev–Trinajstić information content (AvgIpc) is 2.88. The topological polar surface area (TPSA) is 42.2 Å². The van der Waals surface area contributed by atoms with Gasteiger partial charge in [0.05, 0.1) is 11.9 Å². The molecule has 1 N–H and O–H groups in total. The summed E-state index contributed by atoms with van der Waals surface area (Å²) in [6.07, 6.45) is 1.88. The molecule has 3 aromatic rings. The lowest BCUT2D eigenvalue weighted by Gasteiger charge is -2.15. The van der Waals surface area contributed by atoms with Gasteiger partial charge in [0.15, 0.2) is 0 Å². The molecule has 0 radical (unpaired) electrons. The first-order valence-electron chi connectivity index (χ1n) is 7.34. The van der Waals surface area contributed by atoms with Crippen LogP contribution in [0.4, 0.5) is 0 Å². The van der Waals surface area contributed by atoms with Crippen LogP contribution in [0.1, 0.15) is 35.6 Å². The second kappa shape index (κ2) is 6.07. The normalized spacial score (nSPS) is 12.7. The van der Waals surface area contributed by atoms with E-state index < -0.39 is 0 Å². The van der Waals surface area contributed by atoms with Crippen molar-refractivity contribution in [2.45, 2.75) is 33.4 Å². The van der Waals surface area contributed by atoms with Crippen molar-refractivity contribution in [3.05, 3.63) is 64.2 Å².